The second kappa shape index (κ2) is 8.92. The first-order chi connectivity index (χ1) is 16.3. The van der Waals surface area contributed by atoms with Gasteiger partial charge >= 0.3 is 0 Å². The molecule has 7 nitrogen and oxygen atoms in total. The molecular formula is C26H28N6O. The fourth-order valence-corrected chi connectivity index (χ4v) is 4.91. The summed E-state index contributed by atoms with van der Waals surface area (Å²) >= 11 is 0. The van der Waals surface area contributed by atoms with Crippen LogP contribution in [0.15, 0.2) is 55.2 Å². The molecule has 0 radical (unpaired) electrons. The number of hydrogen-bond acceptors (Lipinski definition) is 6. The standard InChI is InChI=1S/C26H28N6O/c1-3-20(13-27-7-1)33-26-16-29-15-25(32-26)22-14-31-24-6-5-17(10-21(22)24)18-9-19(12-28-11-18)23-4-2-8-30-23/h5-6,9-12,14-16,20,23,27,30-31H,1-4,7-8,13H2. The van der Waals surface area contributed by atoms with Gasteiger partial charge in [0.1, 0.15) is 6.10 Å². The molecule has 0 bridgehead atoms. The van der Waals surface area contributed by atoms with Crippen molar-refractivity contribution < 1.29 is 4.74 Å². The van der Waals surface area contributed by atoms with E-state index in [1.165, 1.54) is 18.4 Å². The highest BCUT2D eigenvalue weighted by Crippen LogP contribution is 2.33. The Morgan fingerprint density at radius 3 is 2.73 bits per heavy atom. The van der Waals surface area contributed by atoms with Gasteiger partial charge in [-0.15, -0.1) is 0 Å². The number of ether oxygens (including phenoxy) is 1. The Morgan fingerprint density at radius 2 is 1.85 bits per heavy atom. The zero-order valence-electron chi connectivity index (χ0n) is 18.6. The van der Waals surface area contributed by atoms with E-state index < -0.39 is 0 Å². The van der Waals surface area contributed by atoms with Crippen LogP contribution in [0, 0.1) is 0 Å². The maximum Gasteiger partial charge on any atom is 0.233 e. The van der Waals surface area contributed by atoms with E-state index in [1.54, 1.807) is 12.4 Å². The average molecular weight is 441 g/mol. The van der Waals surface area contributed by atoms with E-state index in [0.29, 0.717) is 11.9 Å². The molecule has 2 atom stereocenters. The van der Waals surface area contributed by atoms with Crippen LogP contribution < -0.4 is 15.4 Å². The van der Waals surface area contributed by atoms with Gasteiger partial charge in [0.25, 0.3) is 0 Å². The fraction of sp³-hybridized carbons (Fsp3) is 0.346. The van der Waals surface area contributed by atoms with Crippen LogP contribution in [0.3, 0.4) is 0 Å². The van der Waals surface area contributed by atoms with Crippen molar-refractivity contribution in [3.63, 3.8) is 0 Å². The van der Waals surface area contributed by atoms with Gasteiger partial charge in [-0.1, -0.05) is 6.07 Å². The SMILES string of the molecule is c1cc2[nH]cc(-c3cncc(OC4CCCNC4)n3)c2cc1-c1cncc(C2CCCN2)c1. The first-order valence-electron chi connectivity index (χ1n) is 11.8. The number of nitrogens with zero attached hydrogens (tertiary/aromatic N) is 3. The average Bonchev–Trinajstić information content (AvgIpc) is 3.55. The van der Waals surface area contributed by atoms with Crippen molar-refractivity contribution in [3.05, 3.63) is 60.8 Å². The minimum Gasteiger partial charge on any atom is -0.472 e. The van der Waals surface area contributed by atoms with E-state index in [4.69, 9.17) is 9.72 Å². The Balaban J connectivity index is 1.32. The zero-order chi connectivity index (χ0) is 22.0. The maximum absolute atomic E-state index is 6.10. The van der Waals surface area contributed by atoms with Gasteiger partial charge in [-0.3, -0.25) is 9.97 Å². The van der Waals surface area contributed by atoms with Crippen LogP contribution in [-0.2, 0) is 0 Å². The van der Waals surface area contributed by atoms with Gasteiger partial charge in [0, 0.05) is 53.2 Å². The highest BCUT2D eigenvalue weighted by Gasteiger charge is 2.18. The highest BCUT2D eigenvalue weighted by molar-refractivity contribution is 5.97. The van der Waals surface area contributed by atoms with Crippen molar-refractivity contribution in [2.24, 2.45) is 0 Å². The molecule has 6 rings (SSSR count). The van der Waals surface area contributed by atoms with E-state index in [2.05, 4.69) is 49.9 Å². The minimum atomic E-state index is 0.145. The molecule has 168 valence electrons. The Bertz CT molecular complexity index is 1260. The van der Waals surface area contributed by atoms with Crippen LogP contribution in [0.2, 0.25) is 0 Å². The smallest absolute Gasteiger partial charge is 0.233 e. The molecular weight excluding hydrogens is 412 g/mol. The summed E-state index contributed by atoms with van der Waals surface area (Å²) < 4.78 is 6.10. The quantitative estimate of drug-likeness (QED) is 0.430. The molecule has 3 aromatic heterocycles. The molecule has 4 aromatic rings. The number of aromatic amines is 1. The number of benzene rings is 1. The molecule has 1 aromatic carbocycles. The number of pyridine rings is 1. The number of fused-ring (bicyclic) bond motifs is 1. The summed E-state index contributed by atoms with van der Waals surface area (Å²) in [5.41, 5.74) is 6.43. The second-order valence-electron chi connectivity index (χ2n) is 8.95. The molecule has 2 aliphatic rings. The number of nitrogens with one attached hydrogen (secondary N) is 3. The van der Waals surface area contributed by atoms with Crippen molar-refractivity contribution in [3.8, 4) is 28.3 Å². The van der Waals surface area contributed by atoms with Crippen molar-refractivity contribution in [2.45, 2.75) is 37.8 Å². The topological polar surface area (TPSA) is 87.8 Å². The molecule has 7 heteroatoms. The van der Waals surface area contributed by atoms with Gasteiger partial charge < -0.3 is 20.4 Å². The number of H-pyrrole nitrogens is 1. The summed E-state index contributed by atoms with van der Waals surface area (Å²) in [6.07, 6.45) is 14.1. The van der Waals surface area contributed by atoms with Crippen molar-refractivity contribution >= 4 is 10.9 Å². The van der Waals surface area contributed by atoms with Crippen molar-refractivity contribution in [1.29, 1.82) is 0 Å². The van der Waals surface area contributed by atoms with Crippen molar-refractivity contribution in [1.82, 2.24) is 30.6 Å². The summed E-state index contributed by atoms with van der Waals surface area (Å²) in [5.74, 6) is 0.577. The molecule has 5 heterocycles. The monoisotopic (exact) mass is 440 g/mol. The first-order valence-corrected chi connectivity index (χ1v) is 11.8. The van der Waals surface area contributed by atoms with Gasteiger partial charge in [0.2, 0.25) is 5.88 Å². The summed E-state index contributed by atoms with van der Waals surface area (Å²) in [7, 11) is 0. The predicted molar refractivity (Wildman–Crippen MR) is 129 cm³/mol. The lowest BCUT2D eigenvalue weighted by Gasteiger charge is -2.23. The Hall–Kier alpha value is -3.29. The summed E-state index contributed by atoms with van der Waals surface area (Å²) in [5, 5.41) is 8.06. The van der Waals surface area contributed by atoms with Crippen LogP contribution in [0.1, 0.15) is 37.3 Å². The lowest BCUT2D eigenvalue weighted by atomic mass is 9.99. The predicted octanol–water partition coefficient (Wildman–Crippen LogP) is 4.24. The summed E-state index contributed by atoms with van der Waals surface area (Å²) in [6.45, 7) is 2.99. The maximum atomic E-state index is 6.10. The van der Waals surface area contributed by atoms with Gasteiger partial charge in [-0.05, 0) is 68.1 Å². The third-order valence-corrected chi connectivity index (χ3v) is 6.66. The number of piperidine rings is 1. The first kappa shape index (κ1) is 20.3. The second-order valence-corrected chi connectivity index (χ2v) is 8.95. The van der Waals surface area contributed by atoms with Crippen LogP contribution >= 0.6 is 0 Å². The van der Waals surface area contributed by atoms with Crippen LogP contribution in [-0.4, -0.2) is 45.7 Å². The summed E-state index contributed by atoms with van der Waals surface area (Å²) in [6, 6.07) is 9.14. The normalized spacial score (nSPS) is 20.8. The summed E-state index contributed by atoms with van der Waals surface area (Å²) in [4.78, 5) is 17.1. The fourth-order valence-electron chi connectivity index (χ4n) is 4.91. The Morgan fingerprint density at radius 1 is 0.909 bits per heavy atom. The lowest BCUT2D eigenvalue weighted by molar-refractivity contribution is 0.160. The van der Waals surface area contributed by atoms with Crippen molar-refractivity contribution in [2.75, 3.05) is 19.6 Å². The Labute approximate surface area is 193 Å². The third kappa shape index (κ3) is 4.21. The molecule has 0 amide bonds. The molecule has 2 fully saturated rings. The molecule has 2 saturated heterocycles. The van der Waals surface area contributed by atoms with Crippen LogP contribution in [0.5, 0.6) is 5.88 Å². The largest absolute Gasteiger partial charge is 0.472 e. The lowest BCUT2D eigenvalue weighted by Crippen LogP contribution is -2.37. The molecule has 0 spiro atoms. The van der Waals surface area contributed by atoms with Gasteiger partial charge in [0.15, 0.2) is 0 Å². The van der Waals surface area contributed by atoms with Gasteiger partial charge in [-0.25, -0.2) is 4.98 Å². The van der Waals surface area contributed by atoms with Crippen LogP contribution in [0.25, 0.3) is 33.3 Å². The Kier molecular flexibility index (Phi) is 5.49. The number of hydrogen-bond donors (Lipinski definition) is 3. The van der Waals surface area contributed by atoms with Crippen LogP contribution in [0.4, 0.5) is 0 Å². The third-order valence-electron chi connectivity index (χ3n) is 6.66. The molecule has 3 N–H and O–H groups in total. The minimum absolute atomic E-state index is 0.145. The highest BCUT2D eigenvalue weighted by atomic mass is 16.5. The van der Waals surface area contributed by atoms with E-state index in [0.717, 1.165) is 65.8 Å². The van der Waals surface area contributed by atoms with E-state index >= 15 is 0 Å². The zero-order valence-corrected chi connectivity index (χ0v) is 18.6. The van der Waals surface area contributed by atoms with E-state index in [9.17, 15) is 0 Å². The molecule has 33 heavy (non-hydrogen) atoms. The molecule has 0 saturated carbocycles. The number of aromatic nitrogens is 4. The molecule has 2 aliphatic heterocycles. The van der Waals surface area contributed by atoms with E-state index in [1.807, 2.05) is 18.6 Å². The van der Waals surface area contributed by atoms with Gasteiger partial charge in [0.05, 0.1) is 18.1 Å². The molecule has 2 unspecified atom stereocenters. The molecule has 0 aliphatic carbocycles. The number of rotatable bonds is 5. The van der Waals surface area contributed by atoms with E-state index in [-0.39, 0.29) is 6.10 Å². The van der Waals surface area contributed by atoms with Gasteiger partial charge in [-0.2, -0.15) is 0 Å².